The second-order valence-electron chi connectivity index (χ2n) is 7.37. The molecule has 4 rings (SSSR count). The van der Waals surface area contributed by atoms with E-state index >= 15 is 0 Å². The third-order valence-electron chi connectivity index (χ3n) is 5.01. The number of amides is 3. The molecule has 2 aromatic carbocycles. The van der Waals surface area contributed by atoms with E-state index in [2.05, 4.69) is 15.7 Å². The lowest BCUT2D eigenvalue weighted by atomic mass is 10.1. The fraction of sp³-hybridized carbons (Fsp3) is 0.0833. The molecule has 33 heavy (non-hydrogen) atoms. The number of aryl methyl sites for hydroxylation is 2. The monoisotopic (exact) mass is 443 g/mol. The molecule has 0 aliphatic carbocycles. The van der Waals surface area contributed by atoms with Crippen molar-refractivity contribution in [3.8, 4) is 11.3 Å². The summed E-state index contributed by atoms with van der Waals surface area (Å²) in [6.45, 7) is 1.85. The second kappa shape index (κ2) is 8.83. The molecule has 0 saturated carbocycles. The third kappa shape index (κ3) is 4.67. The Kier molecular flexibility index (Phi) is 5.77. The van der Waals surface area contributed by atoms with Gasteiger partial charge in [-0.1, -0.05) is 30.3 Å². The minimum Gasteiger partial charge on any atom is -0.451 e. The highest BCUT2D eigenvalue weighted by molar-refractivity contribution is 6.06. The number of furan rings is 1. The largest absolute Gasteiger partial charge is 0.451 e. The molecule has 0 unspecified atom stereocenters. The average Bonchev–Trinajstić information content (AvgIpc) is 3.43. The molecule has 9 heteroatoms. The number of nitrogens with zero attached hydrogens (tertiary/aromatic N) is 2. The summed E-state index contributed by atoms with van der Waals surface area (Å²) in [5.41, 5.74) is 7.91. The van der Waals surface area contributed by atoms with Gasteiger partial charge in [-0.25, -0.2) is 0 Å². The van der Waals surface area contributed by atoms with Crippen molar-refractivity contribution >= 4 is 29.2 Å². The first kappa shape index (κ1) is 21.6. The Balaban J connectivity index is 1.52. The number of aromatic nitrogens is 2. The highest BCUT2D eigenvalue weighted by atomic mass is 16.3. The quantitative estimate of drug-likeness (QED) is 0.419. The lowest BCUT2D eigenvalue weighted by Crippen LogP contribution is -2.14. The van der Waals surface area contributed by atoms with Crippen LogP contribution in [0, 0.1) is 6.92 Å². The number of primary amides is 1. The van der Waals surface area contributed by atoms with Crippen molar-refractivity contribution in [1.29, 1.82) is 0 Å². The zero-order chi connectivity index (χ0) is 23.5. The number of nitrogens with one attached hydrogen (secondary N) is 2. The van der Waals surface area contributed by atoms with Crippen LogP contribution >= 0.6 is 0 Å². The number of carbonyl (C=O) groups is 3. The van der Waals surface area contributed by atoms with Crippen LogP contribution in [0.5, 0.6) is 0 Å². The Hall–Kier alpha value is -4.66. The van der Waals surface area contributed by atoms with Crippen molar-refractivity contribution in [2.75, 3.05) is 10.6 Å². The SMILES string of the molecule is Cc1ccc(-c2ccc(C(N)=O)o2)cc1NC(=O)c1cc(NC(=O)c2ccccc2)n(C)n1. The van der Waals surface area contributed by atoms with Crippen LogP contribution in [0.25, 0.3) is 11.3 Å². The van der Waals surface area contributed by atoms with Crippen LogP contribution in [0.2, 0.25) is 0 Å². The maximum Gasteiger partial charge on any atom is 0.284 e. The van der Waals surface area contributed by atoms with E-state index in [-0.39, 0.29) is 17.4 Å². The van der Waals surface area contributed by atoms with Crippen LogP contribution in [0.3, 0.4) is 0 Å². The molecule has 2 aromatic heterocycles. The molecule has 0 spiro atoms. The summed E-state index contributed by atoms with van der Waals surface area (Å²) in [6, 6.07) is 18.7. The van der Waals surface area contributed by atoms with Gasteiger partial charge >= 0.3 is 0 Å². The predicted octanol–water partition coefficient (Wildman–Crippen LogP) is 3.59. The number of rotatable bonds is 6. The van der Waals surface area contributed by atoms with Gasteiger partial charge in [-0.15, -0.1) is 0 Å². The van der Waals surface area contributed by atoms with Crippen molar-refractivity contribution in [2.24, 2.45) is 12.8 Å². The van der Waals surface area contributed by atoms with Crippen molar-refractivity contribution in [3.63, 3.8) is 0 Å². The normalized spacial score (nSPS) is 10.6. The van der Waals surface area contributed by atoms with E-state index in [1.54, 1.807) is 43.4 Å². The molecule has 2 heterocycles. The molecule has 166 valence electrons. The maximum atomic E-state index is 12.8. The predicted molar refractivity (Wildman–Crippen MR) is 123 cm³/mol. The van der Waals surface area contributed by atoms with Gasteiger partial charge in [0.2, 0.25) is 0 Å². The van der Waals surface area contributed by atoms with E-state index in [1.165, 1.54) is 16.8 Å². The van der Waals surface area contributed by atoms with Gasteiger partial charge in [0.25, 0.3) is 17.7 Å². The standard InChI is InChI=1S/C24H21N5O4/c1-14-8-9-16(19-10-11-20(33-19)22(25)30)12-17(14)26-24(32)18-13-21(29(2)28-18)27-23(31)15-6-4-3-5-7-15/h3-13H,1-2H3,(H2,25,30)(H,26,32)(H,27,31). The lowest BCUT2D eigenvalue weighted by Gasteiger charge is -2.09. The number of hydrogen-bond donors (Lipinski definition) is 3. The van der Waals surface area contributed by atoms with Gasteiger partial charge in [0.05, 0.1) is 0 Å². The summed E-state index contributed by atoms with van der Waals surface area (Å²) in [5.74, 6) is -0.523. The highest BCUT2D eigenvalue weighted by Gasteiger charge is 2.17. The van der Waals surface area contributed by atoms with Crippen LogP contribution in [0.4, 0.5) is 11.5 Å². The van der Waals surface area contributed by atoms with Gasteiger partial charge in [0, 0.05) is 29.9 Å². The zero-order valence-electron chi connectivity index (χ0n) is 18.0. The molecular weight excluding hydrogens is 422 g/mol. The van der Waals surface area contributed by atoms with Crippen LogP contribution < -0.4 is 16.4 Å². The van der Waals surface area contributed by atoms with Gasteiger partial charge in [-0.2, -0.15) is 5.10 Å². The van der Waals surface area contributed by atoms with Crippen molar-refractivity contribution < 1.29 is 18.8 Å². The number of hydrogen-bond acceptors (Lipinski definition) is 5. The van der Waals surface area contributed by atoms with Crippen LogP contribution in [-0.4, -0.2) is 27.5 Å². The molecule has 0 aliphatic rings. The van der Waals surface area contributed by atoms with Crippen molar-refractivity contribution in [3.05, 3.63) is 89.3 Å². The van der Waals surface area contributed by atoms with Crippen LogP contribution in [-0.2, 0) is 7.05 Å². The van der Waals surface area contributed by atoms with Gasteiger partial charge in [0.1, 0.15) is 11.6 Å². The molecule has 9 nitrogen and oxygen atoms in total. The first-order valence-corrected chi connectivity index (χ1v) is 10.0. The Bertz CT molecular complexity index is 1350. The number of carbonyl (C=O) groups excluding carboxylic acids is 3. The smallest absolute Gasteiger partial charge is 0.284 e. The Labute approximate surface area is 189 Å². The van der Waals surface area contributed by atoms with E-state index in [9.17, 15) is 14.4 Å². The van der Waals surface area contributed by atoms with Crippen LogP contribution in [0.1, 0.15) is 37.0 Å². The first-order chi connectivity index (χ1) is 15.8. The molecule has 0 aliphatic heterocycles. The fourth-order valence-electron chi connectivity index (χ4n) is 3.19. The molecular formula is C24H21N5O4. The topological polar surface area (TPSA) is 132 Å². The van der Waals surface area contributed by atoms with Gasteiger partial charge in [0.15, 0.2) is 11.5 Å². The van der Waals surface area contributed by atoms with Crippen molar-refractivity contribution in [1.82, 2.24) is 9.78 Å². The molecule has 4 aromatic rings. The van der Waals surface area contributed by atoms with E-state index in [4.69, 9.17) is 10.2 Å². The maximum absolute atomic E-state index is 12.8. The second-order valence-corrected chi connectivity index (χ2v) is 7.37. The van der Waals surface area contributed by atoms with Gasteiger partial charge in [-0.05, 0) is 42.8 Å². The fourth-order valence-corrected chi connectivity index (χ4v) is 3.19. The third-order valence-corrected chi connectivity index (χ3v) is 5.01. The van der Waals surface area contributed by atoms with Gasteiger partial charge < -0.3 is 20.8 Å². The van der Waals surface area contributed by atoms with Gasteiger partial charge in [-0.3, -0.25) is 19.1 Å². The molecule has 0 fully saturated rings. The minimum atomic E-state index is -0.660. The number of benzene rings is 2. The van der Waals surface area contributed by atoms with E-state index in [0.29, 0.717) is 28.4 Å². The summed E-state index contributed by atoms with van der Waals surface area (Å²) < 4.78 is 6.89. The molecule has 0 saturated heterocycles. The Morgan fingerprint density at radius 2 is 1.70 bits per heavy atom. The van der Waals surface area contributed by atoms with Crippen LogP contribution in [0.15, 0.2) is 71.1 Å². The summed E-state index contributed by atoms with van der Waals surface area (Å²) >= 11 is 0. The number of anilines is 2. The molecule has 0 bridgehead atoms. The number of nitrogens with two attached hydrogens (primary N) is 1. The average molecular weight is 443 g/mol. The van der Waals surface area contributed by atoms with E-state index < -0.39 is 11.8 Å². The Morgan fingerprint density at radius 3 is 2.39 bits per heavy atom. The summed E-state index contributed by atoms with van der Waals surface area (Å²) in [5, 5.41) is 9.79. The highest BCUT2D eigenvalue weighted by Crippen LogP contribution is 2.27. The van der Waals surface area contributed by atoms with E-state index in [0.717, 1.165) is 5.56 Å². The summed E-state index contributed by atoms with van der Waals surface area (Å²) in [7, 11) is 1.64. The minimum absolute atomic E-state index is 0.0507. The van der Waals surface area contributed by atoms with Crippen molar-refractivity contribution in [2.45, 2.75) is 6.92 Å². The molecule has 0 atom stereocenters. The lowest BCUT2D eigenvalue weighted by molar-refractivity contribution is 0.0972. The zero-order valence-corrected chi connectivity index (χ0v) is 18.0. The summed E-state index contributed by atoms with van der Waals surface area (Å²) in [6.07, 6.45) is 0. The molecule has 3 amide bonds. The molecule has 0 radical (unpaired) electrons. The first-order valence-electron chi connectivity index (χ1n) is 10.0. The van der Waals surface area contributed by atoms with E-state index in [1.807, 2.05) is 25.1 Å². The summed E-state index contributed by atoms with van der Waals surface area (Å²) in [4.78, 5) is 36.5. The molecule has 4 N–H and O–H groups in total. The Morgan fingerprint density at radius 1 is 0.939 bits per heavy atom.